The second-order valence-corrected chi connectivity index (χ2v) is 5.43. The van der Waals surface area contributed by atoms with Gasteiger partial charge in [-0.25, -0.2) is 0 Å². The van der Waals surface area contributed by atoms with Crippen molar-refractivity contribution in [1.29, 1.82) is 0 Å². The number of nitrogens with one attached hydrogen (secondary N) is 1. The minimum absolute atomic E-state index is 0.745. The van der Waals surface area contributed by atoms with Gasteiger partial charge in [0.25, 0.3) is 0 Å². The fourth-order valence-electron chi connectivity index (χ4n) is 2.03. The Labute approximate surface area is 92.7 Å². The van der Waals surface area contributed by atoms with Gasteiger partial charge in [-0.1, -0.05) is 24.5 Å². The summed E-state index contributed by atoms with van der Waals surface area (Å²) in [5.74, 6) is 0. The normalized spacial score (nSPS) is 27.4. The van der Waals surface area contributed by atoms with Crippen LogP contribution >= 0.6 is 11.8 Å². The van der Waals surface area contributed by atoms with Crippen LogP contribution in [0, 0.1) is 0 Å². The molecular formula is C12H23NS. The summed E-state index contributed by atoms with van der Waals surface area (Å²) < 4.78 is 0. The lowest BCUT2D eigenvalue weighted by molar-refractivity contribution is 0.396. The molecule has 2 heteroatoms. The highest BCUT2D eigenvalue weighted by Crippen LogP contribution is 2.26. The molecule has 0 bridgehead atoms. The van der Waals surface area contributed by atoms with Crippen molar-refractivity contribution in [2.24, 2.45) is 0 Å². The van der Waals surface area contributed by atoms with Crippen LogP contribution in [0.25, 0.3) is 0 Å². The van der Waals surface area contributed by atoms with Crippen LogP contribution in [0.15, 0.2) is 11.6 Å². The molecule has 82 valence electrons. The Morgan fingerprint density at radius 3 is 2.71 bits per heavy atom. The van der Waals surface area contributed by atoms with Crippen LogP contribution in [0.5, 0.6) is 0 Å². The molecule has 1 rings (SSSR count). The molecule has 0 spiro atoms. The maximum Gasteiger partial charge on any atom is 0.0198 e. The second kappa shape index (κ2) is 6.52. The van der Waals surface area contributed by atoms with Crippen molar-refractivity contribution in [3.63, 3.8) is 0 Å². The summed E-state index contributed by atoms with van der Waals surface area (Å²) >= 11 is 2.03. The zero-order valence-corrected chi connectivity index (χ0v) is 10.5. The van der Waals surface area contributed by atoms with Gasteiger partial charge in [-0.05, 0) is 32.9 Å². The maximum atomic E-state index is 3.66. The van der Waals surface area contributed by atoms with Crippen molar-refractivity contribution in [1.82, 2.24) is 5.32 Å². The average Bonchev–Trinajstić information content (AvgIpc) is 2.18. The van der Waals surface area contributed by atoms with Gasteiger partial charge in [0.15, 0.2) is 0 Å². The van der Waals surface area contributed by atoms with Crippen LogP contribution in [0.1, 0.15) is 39.5 Å². The molecule has 0 aromatic carbocycles. The number of rotatable bonds is 4. The Morgan fingerprint density at radius 1 is 1.36 bits per heavy atom. The van der Waals surface area contributed by atoms with Gasteiger partial charge in [0, 0.05) is 17.8 Å². The molecule has 0 saturated heterocycles. The van der Waals surface area contributed by atoms with Gasteiger partial charge in [-0.15, -0.1) is 0 Å². The van der Waals surface area contributed by atoms with Crippen LogP contribution in [0.2, 0.25) is 0 Å². The first-order valence-corrected chi connectivity index (χ1v) is 6.92. The Morgan fingerprint density at radius 2 is 2.07 bits per heavy atom. The van der Waals surface area contributed by atoms with Gasteiger partial charge in [0.05, 0.1) is 0 Å². The van der Waals surface area contributed by atoms with Crippen LogP contribution in [0.4, 0.5) is 0 Å². The second-order valence-electron chi connectivity index (χ2n) is 4.35. The highest BCUT2D eigenvalue weighted by atomic mass is 32.2. The third kappa shape index (κ3) is 4.05. The van der Waals surface area contributed by atoms with E-state index in [0.29, 0.717) is 0 Å². The molecule has 0 aromatic heterocycles. The van der Waals surface area contributed by atoms with Crippen molar-refractivity contribution in [3.05, 3.63) is 11.6 Å². The largest absolute Gasteiger partial charge is 0.309 e. The van der Waals surface area contributed by atoms with Gasteiger partial charge >= 0.3 is 0 Å². The molecule has 0 radical (unpaired) electrons. The number of thioether (sulfide) groups is 1. The highest BCUT2D eigenvalue weighted by molar-refractivity contribution is 7.99. The van der Waals surface area contributed by atoms with Crippen molar-refractivity contribution in [3.8, 4) is 0 Å². The van der Waals surface area contributed by atoms with E-state index in [2.05, 4.69) is 31.5 Å². The highest BCUT2D eigenvalue weighted by Gasteiger charge is 2.22. The molecule has 0 amide bonds. The topological polar surface area (TPSA) is 12.0 Å². The summed E-state index contributed by atoms with van der Waals surface area (Å²) in [6.45, 7) is 5.37. The van der Waals surface area contributed by atoms with Gasteiger partial charge in [0.1, 0.15) is 0 Å². The zero-order valence-electron chi connectivity index (χ0n) is 9.68. The van der Waals surface area contributed by atoms with Crippen LogP contribution in [0.3, 0.4) is 0 Å². The van der Waals surface area contributed by atoms with Gasteiger partial charge in [-0.2, -0.15) is 11.8 Å². The molecule has 0 aromatic rings. The lowest BCUT2D eigenvalue weighted by Gasteiger charge is -2.30. The molecule has 1 aliphatic rings. The summed E-state index contributed by atoms with van der Waals surface area (Å²) in [4.78, 5) is 0. The predicted octanol–water partition coefficient (Wildman–Crippen LogP) is 3.22. The molecule has 0 aliphatic heterocycles. The van der Waals surface area contributed by atoms with E-state index in [4.69, 9.17) is 0 Å². The summed E-state index contributed by atoms with van der Waals surface area (Å²) in [5, 5.41) is 4.50. The smallest absolute Gasteiger partial charge is 0.0198 e. The molecule has 1 saturated carbocycles. The fourth-order valence-corrected chi connectivity index (χ4v) is 2.99. The first-order chi connectivity index (χ1) is 6.74. The summed E-state index contributed by atoms with van der Waals surface area (Å²) in [6.07, 6.45) is 10.1. The summed E-state index contributed by atoms with van der Waals surface area (Å²) in [5.41, 5.74) is 1.41. The molecule has 14 heavy (non-hydrogen) atoms. The van der Waals surface area contributed by atoms with Gasteiger partial charge in [0.2, 0.25) is 0 Å². The van der Waals surface area contributed by atoms with Gasteiger partial charge < -0.3 is 5.32 Å². The Hall–Kier alpha value is 0.0500. The van der Waals surface area contributed by atoms with Crippen LogP contribution < -0.4 is 5.32 Å². The van der Waals surface area contributed by atoms with Crippen molar-refractivity contribution in [2.75, 3.05) is 12.8 Å². The lowest BCUT2D eigenvalue weighted by atomic mass is 9.95. The molecular weight excluding hydrogens is 190 g/mol. The predicted molar refractivity (Wildman–Crippen MR) is 67.0 cm³/mol. The standard InChI is InChI=1S/C12H23NS/c1-10(2)8-9-13-11-6-4-5-7-12(11)14-3/h8,11-13H,4-7,9H2,1-3H3. The minimum atomic E-state index is 0.745. The first kappa shape index (κ1) is 12.1. The Balaban J connectivity index is 2.29. The average molecular weight is 213 g/mol. The van der Waals surface area contributed by atoms with Crippen LogP contribution in [-0.2, 0) is 0 Å². The van der Waals surface area contributed by atoms with Crippen LogP contribution in [-0.4, -0.2) is 24.1 Å². The number of hydrogen-bond donors (Lipinski definition) is 1. The summed E-state index contributed by atoms with van der Waals surface area (Å²) in [7, 11) is 0. The Kier molecular flexibility index (Phi) is 5.64. The summed E-state index contributed by atoms with van der Waals surface area (Å²) in [6, 6.07) is 0.745. The van der Waals surface area contributed by atoms with E-state index in [1.807, 2.05) is 11.8 Å². The first-order valence-electron chi connectivity index (χ1n) is 5.63. The fraction of sp³-hybridized carbons (Fsp3) is 0.833. The van der Waals surface area contributed by atoms with E-state index in [0.717, 1.165) is 17.8 Å². The molecule has 0 heterocycles. The number of hydrogen-bond acceptors (Lipinski definition) is 2. The van der Waals surface area contributed by atoms with Gasteiger partial charge in [-0.3, -0.25) is 0 Å². The quantitative estimate of drug-likeness (QED) is 0.720. The third-order valence-corrected chi connectivity index (χ3v) is 4.07. The molecule has 1 aliphatic carbocycles. The van der Waals surface area contributed by atoms with Crippen molar-refractivity contribution in [2.45, 2.75) is 50.8 Å². The zero-order chi connectivity index (χ0) is 10.4. The molecule has 2 atom stereocenters. The molecule has 1 nitrogen and oxygen atoms in total. The van der Waals surface area contributed by atoms with E-state index < -0.39 is 0 Å². The van der Waals surface area contributed by atoms with Crippen molar-refractivity contribution >= 4 is 11.8 Å². The third-order valence-electron chi connectivity index (χ3n) is 2.90. The van der Waals surface area contributed by atoms with E-state index in [-0.39, 0.29) is 0 Å². The van der Waals surface area contributed by atoms with E-state index in [1.165, 1.54) is 31.3 Å². The Bertz CT molecular complexity index is 185. The number of allylic oxidation sites excluding steroid dienone is 1. The molecule has 1 fully saturated rings. The molecule has 1 N–H and O–H groups in total. The van der Waals surface area contributed by atoms with E-state index >= 15 is 0 Å². The monoisotopic (exact) mass is 213 g/mol. The minimum Gasteiger partial charge on any atom is -0.309 e. The van der Waals surface area contributed by atoms with Crippen molar-refractivity contribution < 1.29 is 0 Å². The SMILES string of the molecule is CSC1CCCCC1NCC=C(C)C. The maximum absolute atomic E-state index is 3.66. The van der Waals surface area contributed by atoms with E-state index in [9.17, 15) is 0 Å². The molecule has 2 unspecified atom stereocenters. The lowest BCUT2D eigenvalue weighted by Crippen LogP contribution is -2.40. The van der Waals surface area contributed by atoms with E-state index in [1.54, 1.807) is 0 Å².